The van der Waals surface area contributed by atoms with Crippen molar-refractivity contribution in [2.45, 2.75) is 44.1 Å². The van der Waals surface area contributed by atoms with E-state index in [-0.39, 0.29) is 35.7 Å². The van der Waals surface area contributed by atoms with Crippen molar-refractivity contribution >= 4 is 41.3 Å². The van der Waals surface area contributed by atoms with Crippen molar-refractivity contribution in [3.05, 3.63) is 29.3 Å². The van der Waals surface area contributed by atoms with Crippen LogP contribution in [0, 0.1) is 0 Å². The van der Waals surface area contributed by atoms with Gasteiger partial charge in [0.2, 0.25) is 0 Å². The quantitative estimate of drug-likeness (QED) is 0.370. The maximum absolute atomic E-state index is 12.7. The molecule has 0 unspecified atom stereocenters. The van der Waals surface area contributed by atoms with Gasteiger partial charge in [0.25, 0.3) is 23.6 Å². The fraction of sp³-hybridized carbons (Fsp3) is 0.455. The molecule has 3 aliphatic rings. The van der Waals surface area contributed by atoms with Gasteiger partial charge in [-0.2, -0.15) is 0 Å². The maximum atomic E-state index is 12.7. The number of carbonyl (C=O) groups excluding carboxylic acids is 6. The van der Waals surface area contributed by atoms with E-state index in [9.17, 15) is 28.8 Å². The molecule has 1 spiro atoms. The van der Waals surface area contributed by atoms with Gasteiger partial charge in [-0.05, 0) is 31.0 Å². The molecule has 33 heavy (non-hydrogen) atoms. The Balaban J connectivity index is 1.25. The van der Waals surface area contributed by atoms with Crippen LogP contribution in [0.1, 0.15) is 59.2 Å². The average molecular weight is 456 g/mol. The molecule has 1 saturated carbocycles. The minimum atomic E-state index is -0.851. The molecule has 11 nitrogen and oxygen atoms in total. The lowest BCUT2D eigenvalue weighted by molar-refractivity contribution is -0.147. The Bertz CT molecular complexity index is 1060. The van der Waals surface area contributed by atoms with Crippen LogP contribution in [0.4, 0.5) is 10.5 Å². The van der Waals surface area contributed by atoms with Gasteiger partial charge in [0, 0.05) is 19.3 Å². The van der Waals surface area contributed by atoms with Crippen molar-refractivity contribution in [1.82, 2.24) is 15.1 Å². The smallest absolute Gasteiger partial charge is 0.325 e. The second-order valence-corrected chi connectivity index (χ2v) is 8.42. The molecule has 174 valence electrons. The number of amides is 6. The van der Waals surface area contributed by atoms with Gasteiger partial charge in [0.15, 0.2) is 6.61 Å². The predicted octanol–water partition coefficient (Wildman–Crippen LogP) is 1.04. The Hall–Kier alpha value is -3.76. The van der Waals surface area contributed by atoms with Crippen LogP contribution in [0.2, 0.25) is 0 Å². The van der Waals surface area contributed by atoms with E-state index < -0.39 is 41.9 Å². The van der Waals surface area contributed by atoms with Gasteiger partial charge in [0.1, 0.15) is 5.54 Å². The molecule has 0 bridgehead atoms. The molecule has 2 aliphatic heterocycles. The fourth-order valence-corrected chi connectivity index (χ4v) is 4.43. The highest BCUT2D eigenvalue weighted by molar-refractivity contribution is 6.21. The van der Waals surface area contributed by atoms with Gasteiger partial charge >= 0.3 is 12.0 Å². The van der Waals surface area contributed by atoms with Crippen LogP contribution in [-0.2, 0) is 19.1 Å². The van der Waals surface area contributed by atoms with Gasteiger partial charge in [-0.25, -0.2) is 4.79 Å². The Morgan fingerprint density at radius 3 is 2.48 bits per heavy atom. The molecule has 2 N–H and O–H groups in total. The molecule has 1 saturated heterocycles. The number of carbonyl (C=O) groups is 6. The van der Waals surface area contributed by atoms with Crippen molar-refractivity contribution in [2.24, 2.45) is 0 Å². The van der Waals surface area contributed by atoms with Crippen molar-refractivity contribution in [1.29, 1.82) is 0 Å². The molecule has 4 rings (SSSR count). The summed E-state index contributed by atoms with van der Waals surface area (Å²) in [6.45, 7) is -0.700. The lowest BCUT2D eigenvalue weighted by Crippen LogP contribution is -2.48. The van der Waals surface area contributed by atoms with Crippen molar-refractivity contribution in [3.8, 4) is 0 Å². The summed E-state index contributed by atoms with van der Waals surface area (Å²) >= 11 is 0. The number of esters is 1. The fourth-order valence-electron chi connectivity index (χ4n) is 4.43. The van der Waals surface area contributed by atoms with Crippen molar-refractivity contribution < 1.29 is 33.5 Å². The van der Waals surface area contributed by atoms with E-state index in [4.69, 9.17) is 4.74 Å². The monoisotopic (exact) mass is 456 g/mol. The Morgan fingerprint density at radius 2 is 1.76 bits per heavy atom. The predicted molar refractivity (Wildman–Crippen MR) is 113 cm³/mol. The molecular formula is C22H24N4O7. The van der Waals surface area contributed by atoms with Gasteiger partial charge in [-0.1, -0.05) is 19.3 Å². The van der Waals surface area contributed by atoms with Crippen LogP contribution in [0.5, 0.6) is 0 Å². The highest BCUT2D eigenvalue weighted by atomic mass is 16.5. The number of anilines is 1. The summed E-state index contributed by atoms with van der Waals surface area (Å²) in [5.74, 6) is -2.56. The summed E-state index contributed by atoms with van der Waals surface area (Å²) in [7, 11) is 1.37. The van der Waals surface area contributed by atoms with Gasteiger partial charge < -0.3 is 15.4 Å². The number of fused-ring (bicyclic) bond motifs is 1. The standard InChI is InChI=1S/C22H24N4O7/c1-25-18(29)14-6-5-13(11-15(14)19(25)30)23-16(27)12-33-17(28)7-10-26-20(31)22(24-21(26)32)8-3-2-4-9-22/h5-6,11H,2-4,7-10,12H2,1H3,(H,23,27)(H,24,32). The molecule has 1 aliphatic carbocycles. The number of urea groups is 1. The number of imide groups is 2. The molecule has 0 radical (unpaired) electrons. The van der Waals surface area contributed by atoms with Crippen LogP contribution in [0.25, 0.3) is 0 Å². The molecular weight excluding hydrogens is 432 g/mol. The lowest BCUT2D eigenvalue weighted by atomic mass is 9.82. The van der Waals surface area contributed by atoms with E-state index in [2.05, 4.69) is 10.6 Å². The summed E-state index contributed by atoms with van der Waals surface area (Å²) in [4.78, 5) is 75.1. The van der Waals surface area contributed by atoms with Gasteiger partial charge in [-0.3, -0.25) is 33.8 Å². The van der Waals surface area contributed by atoms with Crippen LogP contribution in [-0.4, -0.2) is 71.2 Å². The highest BCUT2D eigenvalue weighted by Gasteiger charge is 2.51. The van der Waals surface area contributed by atoms with Crippen LogP contribution in [0.3, 0.4) is 0 Å². The third-order valence-corrected chi connectivity index (χ3v) is 6.23. The molecule has 11 heteroatoms. The molecule has 0 atom stereocenters. The summed E-state index contributed by atoms with van der Waals surface area (Å²) in [6.07, 6.45) is 3.71. The molecule has 1 aromatic carbocycles. The summed E-state index contributed by atoms with van der Waals surface area (Å²) in [5, 5.41) is 5.27. The Kier molecular flexibility index (Phi) is 5.88. The molecule has 1 aromatic rings. The first-order valence-corrected chi connectivity index (χ1v) is 10.8. The van der Waals surface area contributed by atoms with Gasteiger partial charge in [0.05, 0.1) is 17.5 Å². The van der Waals surface area contributed by atoms with Crippen LogP contribution in [0.15, 0.2) is 18.2 Å². The second-order valence-electron chi connectivity index (χ2n) is 8.42. The Morgan fingerprint density at radius 1 is 1.06 bits per heavy atom. The number of ether oxygens (including phenoxy) is 1. The first-order valence-electron chi connectivity index (χ1n) is 10.8. The number of rotatable bonds is 6. The first-order chi connectivity index (χ1) is 15.7. The Labute approximate surface area is 189 Å². The average Bonchev–Trinajstić information content (AvgIpc) is 3.15. The second kappa shape index (κ2) is 8.64. The largest absolute Gasteiger partial charge is 0.456 e. The third-order valence-electron chi connectivity index (χ3n) is 6.23. The summed E-state index contributed by atoms with van der Waals surface area (Å²) < 4.78 is 4.94. The number of benzene rings is 1. The van der Waals surface area contributed by atoms with E-state index in [0.717, 1.165) is 29.1 Å². The van der Waals surface area contributed by atoms with Crippen molar-refractivity contribution in [3.63, 3.8) is 0 Å². The maximum Gasteiger partial charge on any atom is 0.325 e. The van der Waals surface area contributed by atoms with Crippen LogP contribution < -0.4 is 10.6 Å². The number of hydrogen-bond donors (Lipinski definition) is 2. The van der Waals surface area contributed by atoms with Crippen LogP contribution >= 0.6 is 0 Å². The third kappa shape index (κ3) is 4.18. The zero-order valence-corrected chi connectivity index (χ0v) is 18.1. The lowest BCUT2D eigenvalue weighted by Gasteiger charge is -2.30. The van der Waals surface area contributed by atoms with E-state index in [1.165, 1.54) is 25.2 Å². The molecule has 0 aromatic heterocycles. The van der Waals surface area contributed by atoms with E-state index in [1.54, 1.807) is 0 Å². The van der Waals surface area contributed by atoms with E-state index >= 15 is 0 Å². The van der Waals surface area contributed by atoms with E-state index in [0.29, 0.717) is 12.8 Å². The SMILES string of the molecule is CN1C(=O)c2ccc(NC(=O)COC(=O)CCN3C(=O)NC4(CCCCC4)C3=O)cc2C1=O. The number of nitrogens with zero attached hydrogens (tertiary/aromatic N) is 2. The van der Waals surface area contributed by atoms with Crippen molar-refractivity contribution in [2.75, 3.05) is 25.5 Å². The molecule has 2 heterocycles. The van der Waals surface area contributed by atoms with Gasteiger partial charge in [-0.15, -0.1) is 0 Å². The zero-order chi connectivity index (χ0) is 23.8. The van der Waals surface area contributed by atoms with E-state index in [1.807, 2.05) is 0 Å². The topological polar surface area (TPSA) is 142 Å². The molecule has 2 fully saturated rings. The normalized spacial score (nSPS) is 19.1. The highest BCUT2D eigenvalue weighted by Crippen LogP contribution is 2.33. The zero-order valence-electron chi connectivity index (χ0n) is 18.1. The minimum absolute atomic E-state index is 0.124. The molecule has 6 amide bonds. The minimum Gasteiger partial charge on any atom is -0.456 e. The summed E-state index contributed by atoms with van der Waals surface area (Å²) in [6, 6.07) is 3.79. The first kappa shape index (κ1) is 22.4. The number of nitrogens with one attached hydrogen (secondary N) is 2. The summed E-state index contributed by atoms with van der Waals surface area (Å²) in [5.41, 5.74) is -0.136. The number of hydrogen-bond acceptors (Lipinski definition) is 7.